The van der Waals surface area contributed by atoms with E-state index in [2.05, 4.69) is 9.80 Å². The monoisotopic (exact) mass is 224 g/mol. The zero-order valence-corrected chi connectivity index (χ0v) is 10.1. The maximum absolute atomic E-state index is 9.65. The zero-order chi connectivity index (χ0) is 11.0. The number of rotatable bonds is 1. The average Bonchev–Trinajstić information content (AvgIpc) is 2.83. The standard InChI is InChI=1S/C13H24N2O/c16-13-5-4-11(9-13)15-8-2-7-14-6-1-3-12(14)10-15/h11-13,16H,1-10H2. The molecule has 3 unspecified atom stereocenters. The molecule has 0 spiro atoms. The van der Waals surface area contributed by atoms with Gasteiger partial charge in [0.15, 0.2) is 0 Å². The van der Waals surface area contributed by atoms with Gasteiger partial charge in [0.2, 0.25) is 0 Å². The highest BCUT2D eigenvalue weighted by molar-refractivity contribution is 4.90. The molecule has 0 radical (unpaired) electrons. The van der Waals surface area contributed by atoms with Crippen molar-refractivity contribution in [1.82, 2.24) is 9.80 Å². The molecule has 2 saturated heterocycles. The minimum atomic E-state index is -0.0204. The predicted molar refractivity (Wildman–Crippen MR) is 64.4 cm³/mol. The van der Waals surface area contributed by atoms with Crippen LogP contribution >= 0.6 is 0 Å². The first-order chi connectivity index (χ1) is 7.83. The molecule has 0 aromatic rings. The first-order valence-electron chi connectivity index (χ1n) is 6.99. The lowest BCUT2D eigenvalue weighted by atomic mass is 10.1. The highest BCUT2D eigenvalue weighted by atomic mass is 16.3. The molecular formula is C13H24N2O. The first-order valence-corrected chi connectivity index (χ1v) is 6.99. The maximum Gasteiger partial charge on any atom is 0.0555 e. The van der Waals surface area contributed by atoms with Crippen LogP contribution in [0.1, 0.15) is 38.5 Å². The van der Waals surface area contributed by atoms with Crippen LogP contribution in [0.25, 0.3) is 0 Å². The molecule has 3 nitrogen and oxygen atoms in total. The van der Waals surface area contributed by atoms with Crippen molar-refractivity contribution < 1.29 is 5.11 Å². The van der Waals surface area contributed by atoms with E-state index in [1.807, 2.05) is 0 Å². The smallest absolute Gasteiger partial charge is 0.0555 e. The molecule has 2 heterocycles. The molecule has 0 bridgehead atoms. The molecule has 3 rings (SSSR count). The van der Waals surface area contributed by atoms with Crippen LogP contribution in [0.4, 0.5) is 0 Å². The average molecular weight is 224 g/mol. The highest BCUT2D eigenvalue weighted by Gasteiger charge is 2.34. The quantitative estimate of drug-likeness (QED) is 0.722. The van der Waals surface area contributed by atoms with Crippen molar-refractivity contribution in [2.45, 2.75) is 56.7 Å². The van der Waals surface area contributed by atoms with Crippen molar-refractivity contribution in [2.75, 3.05) is 26.2 Å². The summed E-state index contributed by atoms with van der Waals surface area (Å²) in [5, 5.41) is 9.65. The Bertz CT molecular complexity index is 246. The van der Waals surface area contributed by atoms with E-state index in [1.165, 1.54) is 51.9 Å². The number of nitrogens with zero attached hydrogens (tertiary/aromatic N) is 2. The number of aliphatic hydroxyl groups excluding tert-OH is 1. The van der Waals surface area contributed by atoms with E-state index >= 15 is 0 Å². The van der Waals surface area contributed by atoms with Crippen molar-refractivity contribution in [2.24, 2.45) is 0 Å². The third kappa shape index (κ3) is 2.13. The molecule has 16 heavy (non-hydrogen) atoms. The summed E-state index contributed by atoms with van der Waals surface area (Å²) in [6.07, 6.45) is 7.35. The van der Waals surface area contributed by atoms with Gasteiger partial charge in [0, 0.05) is 18.6 Å². The third-order valence-electron chi connectivity index (χ3n) is 4.73. The van der Waals surface area contributed by atoms with Gasteiger partial charge in [-0.2, -0.15) is 0 Å². The Hall–Kier alpha value is -0.120. The summed E-state index contributed by atoms with van der Waals surface area (Å²) in [4.78, 5) is 5.36. The fourth-order valence-electron chi connectivity index (χ4n) is 3.83. The fourth-order valence-corrected chi connectivity index (χ4v) is 3.83. The van der Waals surface area contributed by atoms with E-state index in [-0.39, 0.29) is 6.10 Å². The van der Waals surface area contributed by atoms with E-state index in [0.717, 1.165) is 18.9 Å². The SMILES string of the molecule is OC1CCC(N2CCCN3CCCC3C2)C1. The Labute approximate surface area is 98.4 Å². The second kappa shape index (κ2) is 4.63. The van der Waals surface area contributed by atoms with Gasteiger partial charge in [0.1, 0.15) is 0 Å². The summed E-state index contributed by atoms with van der Waals surface area (Å²) in [6.45, 7) is 5.14. The lowest BCUT2D eigenvalue weighted by Gasteiger charge is -2.30. The number of hydrogen-bond donors (Lipinski definition) is 1. The van der Waals surface area contributed by atoms with E-state index in [9.17, 15) is 5.11 Å². The van der Waals surface area contributed by atoms with Gasteiger partial charge in [-0.25, -0.2) is 0 Å². The second-order valence-electron chi connectivity index (χ2n) is 5.80. The van der Waals surface area contributed by atoms with Crippen LogP contribution in [0.2, 0.25) is 0 Å². The topological polar surface area (TPSA) is 26.7 Å². The van der Waals surface area contributed by atoms with Crippen LogP contribution in [-0.2, 0) is 0 Å². The van der Waals surface area contributed by atoms with Gasteiger partial charge < -0.3 is 5.11 Å². The molecule has 3 aliphatic rings. The fraction of sp³-hybridized carbons (Fsp3) is 1.00. The minimum Gasteiger partial charge on any atom is -0.393 e. The molecule has 0 aromatic carbocycles. The molecule has 3 atom stereocenters. The van der Waals surface area contributed by atoms with Crippen molar-refractivity contribution in [1.29, 1.82) is 0 Å². The van der Waals surface area contributed by atoms with Crippen LogP contribution in [0.3, 0.4) is 0 Å². The summed E-state index contributed by atoms with van der Waals surface area (Å²) < 4.78 is 0. The Kier molecular flexibility index (Phi) is 3.18. The van der Waals surface area contributed by atoms with Gasteiger partial charge >= 0.3 is 0 Å². The van der Waals surface area contributed by atoms with Gasteiger partial charge in [-0.05, 0) is 58.2 Å². The van der Waals surface area contributed by atoms with Gasteiger partial charge in [0.25, 0.3) is 0 Å². The second-order valence-corrected chi connectivity index (χ2v) is 5.80. The molecular weight excluding hydrogens is 200 g/mol. The highest BCUT2D eigenvalue weighted by Crippen LogP contribution is 2.28. The molecule has 3 fully saturated rings. The minimum absolute atomic E-state index is 0.0204. The van der Waals surface area contributed by atoms with Crippen LogP contribution in [0, 0.1) is 0 Å². The Morgan fingerprint density at radius 1 is 0.812 bits per heavy atom. The molecule has 1 saturated carbocycles. The van der Waals surface area contributed by atoms with Crippen LogP contribution in [0.5, 0.6) is 0 Å². The molecule has 92 valence electrons. The third-order valence-corrected chi connectivity index (χ3v) is 4.73. The molecule has 0 aromatic heterocycles. The largest absolute Gasteiger partial charge is 0.393 e. The summed E-state index contributed by atoms with van der Waals surface area (Å²) >= 11 is 0. The normalized spacial score (nSPS) is 42.2. The Morgan fingerprint density at radius 2 is 1.62 bits per heavy atom. The van der Waals surface area contributed by atoms with E-state index in [1.54, 1.807) is 0 Å². The zero-order valence-electron chi connectivity index (χ0n) is 10.1. The van der Waals surface area contributed by atoms with E-state index in [0.29, 0.717) is 6.04 Å². The Morgan fingerprint density at radius 3 is 2.44 bits per heavy atom. The van der Waals surface area contributed by atoms with Gasteiger partial charge in [0.05, 0.1) is 6.10 Å². The van der Waals surface area contributed by atoms with Gasteiger partial charge in [-0.3, -0.25) is 9.80 Å². The molecule has 1 aliphatic carbocycles. The van der Waals surface area contributed by atoms with Gasteiger partial charge in [-0.15, -0.1) is 0 Å². The van der Waals surface area contributed by atoms with Gasteiger partial charge in [-0.1, -0.05) is 0 Å². The lowest BCUT2D eigenvalue weighted by molar-refractivity contribution is 0.142. The van der Waals surface area contributed by atoms with Crippen LogP contribution in [0.15, 0.2) is 0 Å². The van der Waals surface area contributed by atoms with Crippen LogP contribution < -0.4 is 0 Å². The van der Waals surface area contributed by atoms with E-state index in [4.69, 9.17) is 0 Å². The number of fused-ring (bicyclic) bond motifs is 1. The van der Waals surface area contributed by atoms with Crippen molar-refractivity contribution >= 4 is 0 Å². The molecule has 1 N–H and O–H groups in total. The van der Waals surface area contributed by atoms with Crippen LogP contribution in [-0.4, -0.2) is 59.3 Å². The summed E-state index contributed by atoms with van der Waals surface area (Å²) in [7, 11) is 0. The number of hydrogen-bond acceptors (Lipinski definition) is 3. The van der Waals surface area contributed by atoms with Crippen molar-refractivity contribution in [3.8, 4) is 0 Å². The molecule has 3 heteroatoms. The molecule has 0 amide bonds. The summed E-state index contributed by atoms with van der Waals surface area (Å²) in [5.74, 6) is 0. The van der Waals surface area contributed by atoms with E-state index < -0.39 is 0 Å². The lowest BCUT2D eigenvalue weighted by Crippen LogP contribution is -2.41. The molecule has 2 aliphatic heterocycles. The maximum atomic E-state index is 9.65. The van der Waals surface area contributed by atoms with Crippen molar-refractivity contribution in [3.05, 3.63) is 0 Å². The Balaban J connectivity index is 1.62. The summed E-state index contributed by atoms with van der Waals surface area (Å²) in [6, 6.07) is 1.50. The number of aliphatic hydroxyl groups is 1. The predicted octanol–water partition coefficient (Wildman–Crippen LogP) is 1.07. The first kappa shape index (κ1) is 11.0. The summed E-state index contributed by atoms with van der Waals surface area (Å²) in [5.41, 5.74) is 0. The van der Waals surface area contributed by atoms with Crippen molar-refractivity contribution in [3.63, 3.8) is 0 Å².